The summed E-state index contributed by atoms with van der Waals surface area (Å²) in [6, 6.07) is 1.83. The van der Waals surface area contributed by atoms with Crippen molar-refractivity contribution >= 4 is 21.7 Å². The number of fused-ring (bicyclic) bond motifs is 1. The Kier molecular flexibility index (Phi) is 3.05. The molecule has 6 heteroatoms. The fourth-order valence-electron chi connectivity index (χ4n) is 1.99. The summed E-state index contributed by atoms with van der Waals surface area (Å²) in [6.45, 7) is 1.26. The maximum atomic E-state index is 5.44. The molecular weight excluding hydrogens is 298 g/mol. The number of rotatable bonds is 2. The Morgan fingerprint density at radius 2 is 2.28 bits per heavy atom. The van der Waals surface area contributed by atoms with Gasteiger partial charge in [-0.15, -0.1) is 0 Å². The van der Waals surface area contributed by atoms with Gasteiger partial charge in [0.1, 0.15) is 5.82 Å². The first-order valence-corrected chi connectivity index (χ1v) is 6.47. The highest BCUT2D eigenvalue weighted by atomic mass is 79.9. The Morgan fingerprint density at radius 3 is 3.00 bits per heavy atom. The lowest BCUT2D eigenvalue weighted by Gasteiger charge is -2.18. The largest absolute Gasteiger partial charge is 0.460 e. The molecule has 1 N–H and O–H groups in total. The number of nitrogens with one attached hydrogen (secondary N) is 1. The monoisotopic (exact) mass is 309 g/mol. The highest BCUT2D eigenvalue weighted by Gasteiger charge is 2.20. The Labute approximate surface area is 113 Å². The predicted octanol–water partition coefficient (Wildman–Crippen LogP) is 2.61. The minimum atomic E-state index is 0.561. The van der Waals surface area contributed by atoms with Crippen molar-refractivity contribution in [2.45, 2.75) is 13.0 Å². The van der Waals surface area contributed by atoms with Crippen LogP contribution in [0.25, 0.3) is 11.6 Å². The summed E-state index contributed by atoms with van der Waals surface area (Å²) in [6.07, 6.45) is 2.42. The molecule has 0 saturated carbocycles. The first-order chi connectivity index (χ1) is 8.79. The molecule has 0 unspecified atom stereocenters. The SMILES string of the molecule is CNc1nc(-c2occc2Br)nc2c1COCC2. The minimum absolute atomic E-state index is 0.561. The highest BCUT2D eigenvalue weighted by molar-refractivity contribution is 9.10. The van der Waals surface area contributed by atoms with E-state index in [0.717, 1.165) is 28.0 Å². The zero-order chi connectivity index (χ0) is 12.5. The summed E-state index contributed by atoms with van der Waals surface area (Å²) in [4.78, 5) is 9.05. The standard InChI is InChI=1S/C12H12BrN3O2/c1-14-11-7-6-17-4-3-9(7)15-12(16-11)10-8(13)2-5-18-10/h2,5H,3-4,6H2,1H3,(H,14,15,16). The van der Waals surface area contributed by atoms with Gasteiger partial charge < -0.3 is 14.5 Å². The van der Waals surface area contributed by atoms with E-state index < -0.39 is 0 Å². The van der Waals surface area contributed by atoms with E-state index in [4.69, 9.17) is 9.15 Å². The number of aromatic nitrogens is 2. The Hall–Kier alpha value is -1.40. The smallest absolute Gasteiger partial charge is 0.199 e. The summed E-state index contributed by atoms with van der Waals surface area (Å²) in [5, 5.41) is 3.09. The number of ether oxygens (including phenoxy) is 1. The van der Waals surface area contributed by atoms with Gasteiger partial charge >= 0.3 is 0 Å². The van der Waals surface area contributed by atoms with Crippen LogP contribution in [0, 0.1) is 0 Å². The van der Waals surface area contributed by atoms with Gasteiger partial charge in [-0.05, 0) is 22.0 Å². The number of furan rings is 1. The molecular formula is C12H12BrN3O2. The van der Waals surface area contributed by atoms with Gasteiger partial charge in [0.05, 0.1) is 29.6 Å². The van der Waals surface area contributed by atoms with E-state index in [9.17, 15) is 0 Å². The first-order valence-electron chi connectivity index (χ1n) is 5.68. The lowest BCUT2D eigenvalue weighted by Crippen LogP contribution is -2.16. The molecule has 3 rings (SSSR count). The predicted molar refractivity (Wildman–Crippen MR) is 70.3 cm³/mol. The number of nitrogens with zero attached hydrogens (tertiary/aromatic N) is 2. The topological polar surface area (TPSA) is 60.2 Å². The van der Waals surface area contributed by atoms with Gasteiger partial charge in [-0.1, -0.05) is 0 Å². The van der Waals surface area contributed by atoms with Crippen molar-refractivity contribution in [1.29, 1.82) is 0 Å². The number of anilines is 1. The molecule has 0 spiro atoms. The molecule has 3 heterocycles. The molecule has 5 nitrogen and oxygen atoms in total. The molecule has 0 atom stereocenters. The van der Waals surface area contributed by atoms with Crippen molar-refractivity contribution in [3.8, 4) is 11.6 Å². The van der Waals surface area contributed by atoms with Crippen molar-refractivity contribution in [2.75, 3.05) is 19.0 Å². The van der Waals surface area contributed by atoms with Crippen molar-refractivity contribution in [3.63, 3.8) is 0 Å². The van der Waals surface area contributed by atoms with Crippen LogP contribution in [0.2, 0.25) is 0 Å². The fourth-order valence-corrected chi connectivity index (χ4v) is 2.37. The van der Waals surface area contributed by atoms with E-state index in [0.29, 0.717) is 24.8 Å². The molecule has 0 saturated heterocycles. The van der Waals surface area contributed by atoms with Gasteiger partial charge in [-0.3, -0.25) is 0 Å². The Morgan fingerprint density at radius 1 is 1.39 bits per heavy atom. The molecule has 0 aliphatic carbocycles. The third-order valence-corrected chi connectivity index (χ3v) is 3.50. The maximum Gasteiger partial charge on any atom is 0.199 e. The first kappa shape index (κ1) is 11.7. The van der Waals surface area contributed by atoms with Crippen LogP contribution < -0.4 is 5.32 Å². The summed E-state index contributed by atoms with van der Waals surface area (Å²) in [5.74, 6) is 2.05. The molecule has 0 bridgehead atoms. The maximum absolute atomic E-state index is 5.44. The second kappa shape index (κ2) is 4.70. The van der Waals surface area contributed by atoms with Crippen LogP contribution in [0.3, 0.4) is 0 Å². The molecule has 0 radical (unpaired) electrons. The lowest BCUT2D eigenvalue weighted by atomic mass is 10.1. The van der Waals surface area contributed by atoms with E-state index >= 15 is 0 Å². The van der Waals surface area contributed by atoms with Crippen LogP contribution in [-0.4, -0.2) is 23.6 Å². The fraction of sp³-hybridized carbons (Fsp3) is 0.333. The van der Waals surface area contributed by atoms with Crippen molar-refractivity contribution in [1.82, 2.24) is 9.97 Å². The molecule has 2 aromatic heterocycles. The van der Waals surface area contributed by atoms with Gasteiger partial charge in [0.25, 0.3) is 0 Å². The van der Waals surface area contributed by atoms with Gasteiger partial charge in [0, 0.05) is 19.0 Å². The quantitative estimate of drug-likeness (QED) is 0.924. The van der Waals surface area contributed by atoms with Crippen LogP contribution in [0.5, 0.6) is 0 Å². The average Bonchev–Trinajstić information content (AvgIpc) is 2.83. The molecule has 1 aliphatic heterocycles. The summed E-state index contributed by atoms with van der Waals surface area (Å²) in [5.41, 5.74) is 2.06. The Bertz CT molecular complexity index is 565. The minimum Gasteiger partial charge on any atom is -0.460 e. The zero-order valence-corrected chi connectivity index (χ0v) is 11.5. The Balaban J connectivity index is 2.14. The lowest BCUT2D eigenvalue weighted by molar-refractivity contribution is 0.109. The normalized spacial score (nSPS) is 14.3. The van der Waals surface area contributed by atoms with Gasteiger partial charge in [0.15, 0.2) is 11.6 Å². The second-order valence-corrected chi connectivity index (χ2v) is 4.83. The van der Waals surface area contributed by atoms with E-state index in [1.165, 1.54) is 0 Å². The molecule has 0 fully saturated rings. The molecule has 1 aliphatic rings. The van der Waals surface area contributed by atoms with E-state index in [-0.39, 0.29) is 0 Å². The van der Waals surface area contributed by atoms with Crippen LogP contribution in [0.4, 0.5) is 5.82 Å². The number of hydrogen-bond donors (Lipinski definition) is 1. The third kappa shape index (κ3) is 1.91. The molecule has 18 heavy (non-hydrogen) atoms. The third-order valence-electron chi connectivity index (χ3n) is 2.88. The number of halogens is 1. The second-order valence-electron chi connectivity index (χ2n) is 3.97. The van der Waals surface area contributed by atoms with Crippen LogP contribution >= 0.6 is 15.9 Å². The summed E-state index contributed by atoms with van der Waals surface area (Å²) >= 11 is 3.43. The highest BCUT2D eigenvalue weighted by Crippen LogP contribution is 2.30. The van der Waals surface area contributed by atoms with Gasteiger partial charge in [-0.2, -0.15) is 0 Å². The molecule has 2 aromatic rings. The van der Waals surface area contributed by atoms with Crippen molar-refractivity contribution in [3.05, 3.63) is 28.1 Å². The van der Waals surface area contributed by atoms with Crippen LogP contribution in [-0.2, 0) is 17.8 Å². The summed E-state index contributed by atoms with van der Waals surface area (Å²) < 4.78 is 11.7. The molecule has 94 valence electrons. The van der Waals surface area contributed by atoms with E-state index in [1.54, 1.807) is 6.26 Å². The van der Waals surface area contributed by atoms with E-state index in [2.05, 4.69) is 31.2 Å². The molecule has 0 amide bonds. The zero-order valence-electron chi connectivity index (χ0n) is 9.86. The number of hydrogen-bond acceptors (Lipinski definition) is 5. The van der Waals surface area contributed by atoms with E-state index in [1.807, 2.05) is 13.1 Å². The van der Waals surface area contributed by atoms with Crippen LogP contribution in [0.15, 0.2) is 21.2 Å². The van der Waals surface area contributed by atoms with Crippen LogP contribution in [0.1, 0.15) is 11.3 Å². The average molecular weight is 310 g/mol. The van der Waals surface area contributed by atoms with Crippen molar-refractivity contribution in [2.24, 2.45) is 0 Å². The van der Waals surface area contributed by atoms with Gasteiger partial charge in [0.2, 0.25) is 0 Å². The van der Waals surface area contributed by atoms with Gasteiger partial charge in [-0.25, -0.2) is 9.97 Å². The van der Waals surface area contributed by atoms with Crippen molar-refractivity contribution < 1.29 is 9.15 Å². The summed E-state index contributed by atoms with van der Waals surface area (Å²) in [7, 11) is 1.85. The molecule has 0 aromatic carbocycles.